The van der Waals surface area contributed by atoms with Gasteiger partial charge in [0.25, 0.3) is 0 Å². The SMILES string of the molecule is CC(C)N(CC(=O)O)C(=O)CC(N)C(C)(C)C. The first-order valence-electron chi connectivity index (χ1n) is 5.82. The van der Waals surface area contributed by atoms with Crippen molar-refractivity contribution in [3.63, 3.8) is 0 Å². The maximum absolute atomic E-state index is 12.0. The highest BCUT2D eigenvalue weighted by atomic mass is 16.4. The van der Waals surface area contributed by atoms with Crippen molar-refractivity contribution in [3.8, 4) is 0 Å². The van der Waals surface area contributed by atoms with Crippen molar-refractivity contribution >= 4 is 11.9 Å². The van der Waals surface area contributed by atoms with Crippen LogP contribution in [0.1, 0.15) is 41.0 Å². The molecule has 1 unspecified atom stereocenters. The fourth-order valence-corrected chi connectivity index (χ4v) is 1.32. The Labute approximate surface area is 103 Å². The zero-order valence-electron chi connectivity index (χ0n) is 11.4. The summed E-state index contributed by atoms with van der Waals surface area (Å²) in [6.45, 7) is 9.20. The van der Waals surface area contributed by atoms with Gasteiger partial charge in [-0.15, -0.1) is 0 Å². The molecule has 0 aliphatic carbocycles. The highest BCUT2D eigenvalue weighted by Crippen LogP contribution is 2.20. The minimum Gasteiger partial charge on any atom is -0.480 e. The Morgan fingerprint density at radius 1 is 1.29 bits per heavy atom. The molecular weight excluding hydrogens is 220 g/mol. The maximum Gasteiger partial charge on any atom is 0.323 e. The molecular formula is C12H24N2O3. The van der Waals surface area contributed by atoms with Crippen LogP contribution in [0, 0.1) is 5.41 Å². The van der Waals surface area contributed by atoms with E-state index in [1.807, 2.05) is 20.8 Å². The van der Waals surface area contributed by atoms with Crippen molar-refractivity contribution in [2.24, 2.45) is 11.1 Å². The summed E-state index contributed by atoms with van der Waals surface area (Å²) >= 11 is 0. The van der Waals surface area contributed by atoms with E-state index in [9.17, 15) is 9.59 Å². The van der Waals surface area contributed by atoms with Gasteiger partial charge in [-0.1, -0.05) is 20.8 Å². The van der Waals surface area contributed by atoms with Crippen LogP contribution in [0.3, 0.4) is 0 Å². The van der Waals surface area contributed by atoms with E-state index in [-0.39, 0.29) is 36.4 Å². The van der Waals surface area contributed by atoms with Gasteiger partial charge in [-0.25, -0.2) is 0 Å². The lowest BCUT2D eigenvalue weighted by Gasteiger charge is -2.30. The highest BCUT2D eigenvalue weighted by Gasteiger charge is 2.27. The van der Waals surface area contributed by atoms with Gasteiger partial charge in [-0.2, -0.15) is 0 Å². The summed E-state index contributed by atoms with van der Waals surface area (Å²) in [5.74, 6) is -1.21. The van der Waals surface area contributed by atoms with E-state index in [4.69, 9.17) is 10.8 Å². The fourth-order valence-electron chi connectivity index (χ4n) is 1.32. The second-order valence-electron chi connectivity index (χ2n) is 5.69. The smallest absolute Gasteiger partial charge is 0.323 e. The van der Waals surface area contributed by atoms with Gasteiger partial charge in [0.2, 0.25) is 5.91 Å². The monoisotopic (exact) mass is 244 g/mol. The zero-order chi connectivity index (χ0) is 13.8. The number of nitrogens with zero attached hydrogens (tertiary/aromatic N) is 1. The molecule has 100 valence electrons. The van der Waals surface area contributed by atoms with Gasteiger partial charge in [0.05, 0.1) is 0 Å². The van der Waals surface area contributed by atoms with E-state index in [0.29, 0.717) is 0 Å². The van der Waals surface area contributed by atoms with Gasteiger partial charge in [0.1, 0.15) is 6.54 Å². The standard InChI is InChI=1S/C12H24N2O3/c1-8(2)14(7-11(16)17)10(15)6-9(13)12(3,4)5/h8-9H,6-7,13H2,1-5H3,(H,16,17). The largest absolute Gasteiger partial charge is 0.480 e. The maximum atomic E-state index is 12.0. The average Bonchev–Trinajstić information content (AvgIpc) is 2.11. The highest BCUT2D eigenvalue weighted by molar-refractivity contribution is 5.82. The van der Waals surface area contributed by atoms with Crippen LogP contribution in [0.25, 0.3) is 0 Å². The van der Waals surface area contributed by atoms with Crippen LogP contribution in [-0.2, 0) is 9.59 Å². The first kappa shape index (κ1) is 15.9. The third-order valence-corrected chi connectivity index (χ3v) is 2.76. The number of hydrogen-bond acceptors (Lipinski definition) is 3. The molecule has 0 heterocycles. The Bertz CT molecular complexity index is 282. The van der Waals surface area contributed by atoms with E-state index in [1.165, 1.54) is 4.90 Å². The van der Waals surface area contributed by atoms with Crippen LogP contribution in [0.2, 0.25) is 0 Å². The number of carboxylic acid groups (broad SMARTS) is 1. The summed E-state index contributed by atoms with van der Waals surface area (Å²) in [5.41, 5.74) is 5.76. The van der Waals surface area contributed by atoms with Gasteiger partial charge in [-0.05, 0) is 19.3 Å². The van der Waals surface area contributed by atoms with Gasteiger partial charge in [-0.3, -0.25) is 9.59 Å². The average molecular weight is 244 g/mol. The second-order valence-corrected chi connectivity index (χ2v) is 5.69. The second kappa shape index (κ2) is 6.00. The van der Waals surface area contributed by atoms with Crippen LogP contribution < -0.4 is 5.73 Å². The minimum absolute atomic E-state index is 0.134. The van der Waals surface area contributed by atoms with Crippen LogP contribution >= 0.6 is 0 Å². The van der Waals surface area contributed by atoms with E-state index >= 15 is 0 Å². The predicted octanol–water partition coefficient (Wildman–Crippen LogP) is 1.07. The molecule has 0 aromatic carbocycles. The van der Waals surface area contributed by atoms with E-state index in [2.05, 4.69) is 0 Å². The Hall–Kier alpha value is -1.10. The van der Waals surface area contributed by atoms with Crippen molar-refractivity contribution in [1.29, 1.82) is 0 Å². The van der Waals surface area contributed by atoms with Crippen molar-refractivity contribution in [1.82, 2.24) is 4.90 Å². The zero-order valence-corrected chi connectivity index (χ0v) is 11.4. The van der Waals surface area contributed by atoms with Crippen LogP contribution in [0.15, 0.2) is 0 Å². The Morgan fingerprint density at radius 3 is 2.06 bits per heavy atom. The summed E-state index contributed by atoms with van der Waals surface area (Å²) in [5, 5.41) is 8.75. The molecule has 3 N–H and O–H groups in total. The molecule has 5 heteroatoms. The lowest BCUT2D eigenvalue weighted by Crippen LogP contribution is -2.45. The van der Waals surface area contributed by atoms with E-state index < -0.39 is 5.97 Å². The molecule has 0 aromatic heterocycles. The van der Waals surface area contributed by atoms with Gasteiger partial charge in [0.15, 0.2) is 0 Å². The first-order chi connectivity index (χ1) is 7.55. The summed E-state index contributed by atoms with van der Waals surface area (Å²) in [6.07, 6.45) is 0.176. The number of carboxylic acids is 1. The van der Waals surface area contributed by atoms with Gasteiger partial charge in [0, 0.05) is 18.5 Å². The van der Waals surface area contributed by atoms with Crippen molar-refractivity contribution < 1.29 is 14.7 Å². The number of carbonyl (C=O) groups is 2. The summed E-state index contributed by atoms with van der Waals surface area (Å²) in [4.78, 5) is 24.0. The number of nitrogens with two attached hydrogens (primary N) is 1. The predicted molar refractivity (Wildman–Crippen MR) is 66.5 cm³/mol. The fraction of sp³-hybridized carbons (Fsp3) is 0.833. The molecule has 1 atom stereocenters. The molecule has 0 radical (unpaired) electrons. The Morgan fingerprint density at radius 2 is 1.76 bits per heavy atom. The number of amides is 1. The molecule has 0 rings (SSSR count). The summed E-state index contributed by atoms with van der Waals surface area (Å²) in [7, 11) is 0. The molecule has 0 aromatic rings. The molecule has 0 saturated carbocycles. The van der Waals surface area contributed by atoms with Crippen LogP contribution in [0.4, 0.5) is 0 Å². The number of rotatable bonds is 5. The van der Waals surface area contributed by atoms with Crippen molar-refractivity contribution in [2.75, 3.05) is 6.54 Å². The van der Waals surface area contributed by atoms with Gasteiger partial charge < -0.3 is 15.7 Å². The first-order valence-corrected chi connectivity index (χ1v) is 5.82. The lowest BCUT2D eigenvalue weighted by atomic mass is 9.85. The Balaban J connectivity index is 4.59. The molecule has 0 fully saturated rings. The normalized spacial score (nSPS) is 13.6. The quantitative estimate of drug-likeness (QED) is 0.757. The van der Waals surface area contributed by atoms with Crippen molar-refractivity contribution in [3.05, 3.63) is 0 Å². The molecule has 5 nitrogen and oxygen atoms in total. The molecule has 0 spiro atoms. The molecule has 0 aliphatic rings. The molecule has 0 saturated heterocycles. The molecule has 0 bridgehead atoms. The topological polar surface area (TPSA) is 83.6 Å². The van der Waals surface area contributed by atoms with Crippen LogP contribution in [-0.4, -0.2) is 40.5 Å². The minimum atomic E-state index is -1.00. The Kier molecular flexibility index (Phi) is 5.61. The third-order valence-electron chi connectivity index (χ3n) is 2.76. The van der Waals surface area contributed by atoms with Gasteiger partial charge >= 0.3 is 5.97 Å². The molecule has 17 heavy (non-hydrogen) atoms. The summed E-state index contributed by atoms with van der Waals surface area (Å²) < 4.78 is 0. The molecule has 0 aliphatic heterocycles. The number of aliphatic carboxylic acids is 1. The lowest BCUT2D eigenvalue weighted by molar-refractivity contribution is -0.146. The third kappa shape index (κ3) is 5.68. The van der Waals surface area contributed by atoms with E-state index in [0.717, 1.165) is 0 Å². The van der Waals surface area contributed by atoms with Crippen LogP contribution in [0.5, 0.6) is 0 Å². The number of carbonyl (C=O) groups excluding carboxylic acids is 1. The van der Waals surface area contributed by atoms with Crippen molar-refractivity contribution in [2.45, 2.75) is 53.1 Å². The number of hydrogen-bond donors (Lipinski definition) is 2. The van der Waals surface area contributed by atoms with E-state index in [1.54, 1.807) is 13.8 Å². The summed E-state index contributed by atoms with van der Waals surface area (Å²) in [6, 6.07) is -0.407. The molecule has 1 amide bonds.